The monoisotopic (exact) mass is 482 g/mol. The molecule has 0 saturated carbocycles. The fourth-order valence-electron chi connectivity index (χ4n) is 3.23. The first-order chi connectivity index (χ1) is 16.8. The summed E-state index contributed by atoms with van der Waals surface area (Å²) in [5.74, 6) is 5.37. The number of rotatable bonds is 6. The fourth-order valence-corrected chi connectivity index (χ4v) is 3.23. The lowest BCUT2D eigenvalue weighted by molar-refractivity contribution is 0.294. The molecule has 0 heterocycles. The van der Waals surface area contributed by atoms with Crippen LogP contribution >= 0.6 is 0 Å². The third kappa shape index (κ3) is 6.87. The fraction of sp³-hybridized carbons (Fsp3) is 0.241. The zero-order valence-corrected chi connectivity index (χ0v) is 19.4. The van der Waals surface area contributed by atoms with E-state index >= 15 is 0 Å². The van der Waals surface area contributed by atoms with Crippen molar-refractivity contribution in [3.63, 3.8) is 0 Å². The van der Waals surface area contributed by atoms with Gasteiger partial charge in [0, 0.05) is 11.1 Å². The molecule has 3 rings (SSSR count). The molecule has 0 bridgehead atoms. The van der Waals surface area contributed by atoms with Gasteiger partial charge in [0.05, 0.1) is 17.7 Å². The Labute approximate surface area is 201 Å². The highest BCUT2D eigenvalue weighted by Crippen LogP contribution is 2.20. The van der Waals surface area contributed by atoms with Gasteiger partial charge in [0.1, 0.15) is 23.3 Å². The molecule has 1 nitrogen and oxygen atoms in total. The van der Waals surface area contributed by atoms with Crippen molar-refractivity contribution in [2.75, 3.05) is 6.61 Å². The highest BCUT2D eigenvalue weighted by atomic mass is 19.1. The third-order valence-electron chi connectivity index (χ3n) is 5.03. The van der Waals surface area contributed by atoms with Crippen molar-refractivity contribution in [2.24, 2.45) is 0 Å². The van der Waals surface area contributed by atoms with Gasteiger partial charge in [-0.15, -0.1) is 0 Å². The highest BCUT2D eigenvalue weighted by molar-refractivity contribution is 5.50. The van der Waals surface area contributed by atoms with E-state index in [2.05, 4.69) is 23.7 Å². The second-order valence-corrected chi connectivity index (χ2v) is 7.85. The summed E-state index contributed by atoms with van der Waals surface area (Å²) in [6, 6.07) is 8.26. The van der Waals surface area contributed by atoms with Crippen molar-refractivity contribution in [2.45, 2.75) is 39.5 Å². The van der Waals surface area contributed by atoms with Crippen LogP contribution in [0.1, 0.15) is 60.9 Å². The Bertz CT molecular complexity index is 1290. The number of hydrogen-bond donors (Lipinski definition) is 0. The predicted octanol–water partition coefficient (Wildman–Crippen LogP) is 7.31. The largest absolute Gasteiger partial charge is 0.491 e. The average molecular weight is 482 g/mol. The maximum absolute atomic E-state index is 14.5. The molecule has 0 unspecified atom stereocenters. The van der Waals surface area contributed by atoms with Gasteiger partial charge in [0.25, 0.3) is 0 Å². The Kier molecular flexibility index (Phi) is 8.92. The van der Waals surface area contributed by atoms with E-state index in [9.17, 15) is 22.0 Å². The Morgan fingerprint density at radius 1 is 0.629 bits per heavy atom. The van der Waals surface area contributed by atoms with Crippen molar-refractivity contribution in [3.05, 3.63) is 99.4 Å². The lowest BCUT2D eigenvalue weighted by Gasteiger charge is -2.06. The molecule has 0 fully saturated rings. The minimum atomic E-state index is -0.999. The second kappa shape index (κ2) is 12.1. The van der Waals surface area contributed by atoms with Crippen LogP contribution in [0.25, 0.3) is 0 Å². The molecule has 180 valence electrons. The summed E-state index contributed by atoms with van der Waals surface area (Å²) in [4.78, 5) is 0. The maximum atomic E-state index is 14.5. The summed E-state index contributed by atoms with van der Waals surface area (Å²) in [5.41, 5.74) is -0.391. The van der Waals surface area contributed by atoms with E-state index in [-0.39, 0.29) is 16.9 Å². The molecule has 0 spiro atoms. The summed E-state index contributed by atoms with van der Waals surface area (Å²) in [7, 11) is 0. The molecule has 0 aliphatic rings. The summed E-state index contributed by atoms with van der Waals surface area (Å²) in [6.45, 7) is 4.26. The maximum Gasteiger partial charge on any atom is 0.166 e. The van der Waals surface area contributed by atoms with E-state index in [0.29, 0.717) is 18.6 Å². The normalized spacial score (nSPS) is 10.3. The van der Waals surface area contributed by atoms with Crippen LogP contribution in [0.15, 0.2) is 42.5 Å². The van der Waals surface area contributed by atoms with Crippen LogP contribution in [-0.2, 0) is 6.42 Å². The first kappa shape index (κ1) is 25.8. The van der Waals surface area contributed by atoms with Gasteiger partial charge in [-0.1, -0.05) is 50.4 Å². The molecule has 0 aliphatic heterocycles. The molecule has 3 aromatic rings. The van der Waals surface area contributed by atoms with Gasteiger partial charge in [0.2, 0.25) is 0 Å². The SMILES string of the molecule is CCCCOc1ccc(C#Cc2c(F)cc(C#Cc3c(F)cc(CCC)cc3F)cc2F)cc1F. The smallest absolute Gasteiger partial charge is 0.166 e. The van der Waals surface area contributed by atoms with Gasteiger partial charge in [0.15, 0.2) is 11.6 Å². The predicted molar refractivity (Wildman–Crippen MR) is 125 cm³/mol. The van der Waals surface area contributed by atoms with Crippen molar-refractivity contribution in [3.8, 4) is 29.4 Å². The van der Waals surface area contributed by atoms with Crippen molar-refractivity contribution < 1.29 is 26.7 Å². The standard InChI is InChI=1S/C29H23F5O/c1-3-5-13-35-29-12-9-19(14-28(29)34)7-10-22-26(32)17-21(18-27(22)33)8-11-23-24(30)15-20(6-4-2)16-25(23)31/h9,12,14-18H,3-6,13H2,1-2H3. The zero-order chi connectivity index (χ0) is 25.4. The number of unbranched alkanes of at least 4 members (excludes halogenated alkanes) is 1. The first-order valence-corrected chi connectivity index (χ1v) is 11.3. The Hall–Kier alpha value is -3.77. The molecule has 0 amide bonds. The average Bonchev–Trinajstić information content (AvgIpc) is 2.79. The summed E-state index contributed by atoms with van der Waals surface area (Å²) in [5, 5.41) is 0. The second-order valence-electron chi connectivity index (χ2n) is 7.85. The molecule has 0 saturated heterocycles. The van der Waals surface area contributed by atoms with Gasteiger partial charge in [-0.2, -0.15) is 0 Å². The molecule has 0 atom stereocenters. The van der Waals surface area contributed by atoms with Crippen LogP contribution in [0.2, 0.25) is 0 Å². The van der Waals surface area contributed by atoms with Crippen LogP contribution in [0.3, 0.4) is 0 Å². The summed E-state index contributed by atoms with van der Waals surface area (Å²) in [6.07, 6.45) is 2.94. The first-order valence-electron chi connectivity index (χ1n) is 11.3. The summed E-state index contributed by atoms with van der Waals surface area (Å²) < 4.78 is 76.9. The van der Waals surface area contributed by atoms with E-state index in [1.165, 1.54) is 24.3 Å². The number of halogens is 5. The quantitative estimate of drug-likeness (QED) is 0.203. The molecule has 6 heteroatoms. The van der Waals surface area contributed by atoms with Gasteiger partial charge in [-0.25, -0.2) is 22.0 Å². The number of hydrogen-bond acceptors (Lipinski definition) is 1. The van der Waals surface area contributed by atoms with E-state index in [1.807, 2.05) is 13.8 Å². The van der Waals surface area contributed by atoms with Crippen molar-refractivity contribution in [1.82, 2.24) is 0 Å². The topological polar surface area (TPSA) is 9.23 Å². The van der Waals surface area contributed by atoms with Crippen molar-refractivity contribution >= 4 is 0 Å². The van der Waals surface area contributed by atoms with E-state index in [0.717, 1.165) is 37.5 Å². The lowest BCUT2D eigenvalue weighted by Crippen LogP contribution is -1.98. The van der Waals surface area contributed by atoms with Crippen LogP contribution in [0, 0.1) is 52.8 Å². The van der Waals surface area contributed by atoms with Crippen LogP contribution in [-0.4, -0.2) is 6.61 Å². The number of aryl methyl sites for hydroxylation is 1. The minimum Gasteiger partial charge on any atom is -0.491 e. The van der Waals surface area contributed by atoms with Crippen LogP contribution < -0.4 is 4.74 Å². The van der Waals surface area contributed by atoms with Gasteiger partial charge in [-0.3, -0.25) is 0 Å². The van der Waals surface area contributed by atoms with E-state index in [1.54, 1.807) is 0 Å². The molecule has 0 radical (unpaired) electrons. The Morgan fingerprint density at radius 3 is 1.71 bits per heavy atom. The summed E-state index contributed by atoms with van der Waals surface area (Å²) >= 11 is 0. The Morgan fingerprint density at radius 2 is 1.17 bits per heavy atom. The zero-order valence-electron chi connectivity index (χ0n) is 19.4. The molecule has 35 heavy (non-hydrogen) atoms. The lowest BCUT2D eigenvalue weighted by atomic mass is 10.1. The molecule has 0 aromatic heterocycles. The van der Waals surface area contributed by atoms with Gasteiger partial charge in [-0.05, 0) is 60.9 Å². The van der Waals surface area contributed by atoms with Gasteiger partial charge < -0.3 is 4.74 Å². The van der Waals surface area contributed by atoms with E-state index in [4.69, 9.17) is 4.74 Å². The minimum absolute atomic E-state index is 0.0807. The highest BCUT2D eigenvalue weighted by Gasteiger charge is 2.11. The van der Waals surface area contributed by atoms with Gasteiger partial charge >= 0.3 is 0 Å². The molecule has 0 aliphatic carbocycles. The molecule has 3 aromatic carbocycles. The van der Waals surface area contributed by atoms with Crippen LogP contribution in [0.4, 0.5) is 22.0 Å². The van der Waals surface area contributed by atoms with Crippen LogP contribution in [0.5, 0.6) is 5.75 Å². The molecular weight excluding hydrogens is 459 g/mol. The van der Waals surface area contributed by atoms with Crippen molar-refractivity contribution in [1.29, 1.82) is 0 Å². The third-order valence-corrected chi connectivity index (χ3v) is 5.03. The Balaban J connectivity index is 1.82. The molecular formula is C29H23F5O. The number of benzene rings is 3. The number of ether oxygens (including phenoxy) is 1. The van der Waals surface area contributed by atoms with E-state index < -0.39 is 40.2 Å². The molecule has 0 N–H and O–H groups in total.